The molecule has 1 aromatic carbocycles. The number of H-pyrrole nitrogens is 1. The Morgan fingerprint density at radius 1 is 1.40 bits per heavy atom. The molecule has 1 aliphatic rings. The summed E-state index contributed by atoms with van der Waals surface area (Å²) in [4.78, 5) is 16.0. The van der Waals surface area contributed by atoms with Crippen molar-refractivity contribution in [1.82, 2.24) is 9.55 Å². The molecule has 0 saturated heterocycles. The summed E-state index contributed by atoms with van der Waals surface area (Å²) in [5.74, 6) is 1.08. The molecule has 1 N–H and O–H groups in total. The highest BCUT2D eigenvalue weighted by atomic mass is 32.2. The van der Waals surface area contributed by atoms with E-state index >= 15 is 0 Å². The minimum Gasteiger partial charge on any atom is -0.332 e. The number of benzene rings is 1. The Balaban J connectivity index is 2.16. The molecule has 2 atom stereocenters. The standard InChI is InChI=1S/C15H18N2OS2/c1-2-20-13-9-5-8-12(13)17-14(18)10-6-3-4-7-11(10)16-15(17)19/h3-4,6-7,12-13H,2,5,8-9H2,1H3,(H,16,19). The van der Waals surface area contributed by atoms with Crippen LogP contribution in [0.25, 0.3) is 10.9 Å². The molecule has 2 unspecified atom stereocenters. The van der Waals surface area contributed by atoms with Gasteiger partial charge in [-0.15, -0.1) is 0 Å². The third-order valence-electron chi connectivity index (χ3n) is 3.97. The number of nitrogens with zero attached hydrogens (tertiary/aromatic N) is 1. The number of aromatic nitrogens is 2. The van der Waals surface area contributed by atoms with Crippen molar-refractivity contribution >= 4 is 34.9 Å². The van der Waals surface area contributed by atoms with Crippen molar-refractivity contribution in [3.05, 3.63) is 39.4 Å². The maximum atomic E-state index is 12.8. The summed E-state index contributed by atoms with van der Waals surface area (Å²) in [5, 5.41) is 1.24. The average molecular weight is 306 g/mol. The molecule has 3 rings (SSSR count). The largest absolute Gasteiger partial charge is 0.332 e. The monoisotopic (exact) mass is 306 g/mol. The second-order valence-corrected chi connectivity index (χ2v) is 7.05. The minimum atomic E-state index is 0.0537. The summed E-state index contributed by atoms with van der Waals surface area (Å²) in [6.07, 6.45) is 3.40. The van der Waals surface area contributed by atoms with Crippen LogP contribution in [0.5, 0.6) is 0 Å². The molecule has 5 heteroatoms. The second kappa shape index (κ2) is 5.74. The molecule has 0 bridgehead atoms. The van der Waals surface area contributed by atoms with Crippen LogP contribution in [0, 0.1) is 4.77 Å². The van der Waals surface area contributed by atoms with E-state index in [1.165, 1.54) is 12.8 Å². The quantitative estimate of drug-likeness (QED) is 0.874. The zero-order chi connectivity index (χ0) is 14.1. The molecule has 1 saturated carbocycles. The first kappa shape index (κ1) is 13.9. The number of hydrogen-bond acceptors (Lipinski definition) is 3. The average Bonchev–Trinajstić information content (AvgIpc) is 2.87. The smallest absolute Gasteiger partial charge is 0.262 e. The normalized spacial score (nSPS) is 22.4. The van der Waals surface area contributed by atoms with Gasteiger partial charge in [-0.1, -0.05) is 25.5 Å². The molecule has 0 spiro atoms. The Morgan fingerprint density at radius 3 is 3.00 bits per heavy atom. The number of nitrogens with one attached hydrogen (secondary N) is 1. The van der Waals surface area contributed by atoms with Crippen LogP contribution in [0.3, 0.4) is 0 Å². The van der Waals surface area contributed by atoms with Gasteiger partial charge < -0.3 is 4.98 Å². The van der Waals surface area contributed by atoms with E-state index in [9.17, 15) is 4.79 Å². The van der Waals surface area contributed by atoms with Crippen molar-refractivity contribution in [1.29, 1.82) is 0 Å². The third-order valence-corrected chi connectivity index (χ3v) is 5.58. The van der Waals surface area contributed by atoms with Gasteiger partial charge in [0.15, 0.2) is 4.77 Å². The Bertz CT molecular complexity index is 734. The predicted octanol–water partition coefficient (Wildman–Crippen LogP) is 3.91. The summed E-state index contributed by atoms with van der Waals surface area (Å²) in [7, 11) is 0. The highest BCUT2D eigenvalue weighted by Gasteiger charge is 2.30. The van der Waals surface area contributed by atoms with E-state index in [4.69, 9.17) is 12.2 Å². The van der Waals surface area contributed by atoms with Crippen LogP contribution >= 0.6 is 24.0 Å². The summed E-state index contributed by atoms with van der Waals surface area (Å²) >= 11 is 7.38. The van der Waals surface area contributed by atoms with Crippen LogP contribution in [-0.2, 0) is 0 Å². The molecule has 0 amide bonds. The first-order valence-corrected chi connectivity index (χ1v) is 8.53. The first-order valence-electron chi connectivity index (χ1n) is 7.07. The Morgan fingerprint density at radius 2 is 2.20 bits per heavy atom. The molecule has 0 aliphatic heterocycles. The number of rotatable bonds is 3. The lowest BCUT2D eigenvalue weighted by atomic mass is 10.2. The van der Waals surface area contributed by atoms with E-state index in [0.717, 1.165) is 23.1 Å². The van der Waals surface area contributed by atoms with Crippen molar-refractivity contribution in [2.24, 2.45) is 0 Å². The molecule has 1 aliphatic carbocycles. The number of aromatic amines is 1. The topological polar surface area (TPSA) is 37.8 Å². The molecule has 0 radical (unpaired) electrons. The fraction of sp³-hybridized carbons (Fsp3) is 0.467. The predicted molar refractivity (Wildman–Crippen MR) is 88.2 cm³/mol. The Hall–Kier alpha value is -1.07. The van der Waals surface area contributed by atoms with E-state index < -0.39 is 0 Å². The molecule has 2 aromatic rings. The highest BCUT2D eigenvalue weighted by molar-refractivity contribution is 7.99. The molecule has 20 heavy (non-hydrogen) atoms. The summed E-state index contributed by atoms with van der Waals surface area (Å²) < 4.78 is 2.38. The number of hydrogen-bond donors (Lipinski definition) is 1. The van der Waals surface area contributed by atoms with Gasteiger partial charge in [-0.2, -0.15) is 11.8 Å². The molecular weight excluding hydrogens is 288 g/mol. The molecule has 106 valence electrons. The molecule has 1 fully saturated rings. The third kappa shape index (κ3) is 2.33. The number of para-hydroxylation sites is 1. The number of fused-ring (bicyclic) bond motifs is 1. The lowest BCUT2D eigenvalue weighted by Crippen LogP contribution is -2.29. The van der Waals surface area contributed by atoms with E-state index in [-0.39, 0.29) is 11.6 Å². The molecule has 3 nitrogen and oxygen atoms in total. The fourth-order valence-corrected chi connectivity index (χ4v) is 4.66. The van der Waals surface area contributed by atoms with Crippen molar-refractivity contribution in [3.8, 4) is 0 Å². The van der Waals surface area contributed by atoms with Crippen LogP contribution in [0.15, 0.2) is 29.1 Å². The first-order chi connectivity index (χ1) is 9.72. The molecular formula is C15H18N2OS2. The lowest BCUT2D eigenvalue weighted by Gasteiger charge is -2.21. The van der Waals surface area contributed by atoms with Gasteiger partial charge in [-0.3, -0.25) is 9.36 Å². The van der Waals surface area contributed by atoms with Crippen molar-refractivity contribution in [2.75, 3.05) is 5.75 Å². The van der Waals surface area contributed by atoms with E-state index in [1.807, 2.05) is 40.6 Å². The van der Waals surface area contributed by atoms with Gasteiger partial charge in [-0.05, 0) is 42.9 Å². The van der Waals surface area contributed by atoms with E-state index in [2.05, 4.69) is 11.9 Å². The van der Waals surface area contributed by atoms with Crippen molar-refractivity contribution in [2.45, 2.75) is 37.5 Å². The molecule has 1 aromatic heterocycles. The second-order valence-electron chi connectivity index (χ2n) is 5.14. The van der Waals surface area contributed by atoms with Gasteiger partial charge in [0.05, 0.1) is 16.9 Å². The van der Waals surface area contributed by atoms with Crippen LogP contribution in [-0.4, -0.2) is 20.6 Å². The maximum Gasteiger partial charge on any atom is 0.262 e. The lowest BCUT2D eigenvalue weighted by molar-refractivity contribution is 0.501. The van der Waals surface area contributed by atoms with E-state index in [1.54, 1.807) is 0 Å². The van der Waals surface area contributed by atoms with Crippen LogP contribution in [0.4, 0.5) is 0 Å². The SMILES string of the molecule is CCSC1CCCC1n1c(=S)[nH]c2ccccc2c1=O. The van der Waals surface area contributed by atoms with Gasteiger partial charge in [0.25, 0.3) is 5.56 Å². The summed E-state index contributed by atoms with van der Waals surface area (Å²) in [6.45, 7) is 2.17. The zero-order valence-electron chi connectivity index (χ0n) is 11.5. The fourth-order valence-electron chi connectivity index (χ4n) is 3.09. The van der Waals surface area contributed by atoms with E-state index in [0.29, 0.717) is 10.0 Å². The zero-order valence-corrected chi connectivity index (χ0v) is 13.1. The van der Waals surface area contributed by atoms with Gasteiger partial charge in [0.1, 0.15) is 0 Å². The van der Waals surface area contributed by atoms with Crippen molar-refractivity contribution < 1.29 is 0 Å². The maximum absolute atomic E-state index is 12.8. The van der Waals surface area contributed by atoms with Crippen molar-refractivity contribution in [3.63, 3.8) is 0 Å². The van der Waals surface area contributed by atoms with Crippen LogP contribution < -0.4 is 5.56 Å². The van der Waals surface area contributed by atoms with Gasteiger partial charge >= 0.3 is 0 Å². The highest BCUT2D eigenvalue weighted by Crippen LogP contribution is 2.37. The molecule has 1 heterocycles. The van der Waals surface area contributed by atoms with Gasteiger partial charge in [0, 0.05) is 5.25 Å². The van der Waals surface area contributed by atoms with Gasteiger partial charge in [0.2, 0.25) is 0 Å². The van der Waals surface area contributed by atoms with Crippen LogP contribution in [0.2, 0.25) is 0 Å². The minimum absolute atomic E-state index is 0.0537. The van der Waals surface area contributed by atoms with Crippen LogP contribution in [0.1, 0.15) is 32.2 Å². The summed E-state index contributed by atoms with van der Waals surface area (Å²) in [5.41, 5.74) is 0.884. The van der Waals surface area contributed by atoms with Gasteiger partial charge in [-0.25, -0.2) is 0 Å². The Kier molecular flexibility index (Phi) is 3.98. The number of thioether (sulfide) groups is 1. The summed E-state index contributed by atoms with van der Waals surface area (Å²) in [6, 6.07) is 7.83. The Labute approximate surface area is 127 Å².